The molecule has 0 aromatic carbocycles. The van der Waals surface area contributed by atoms with E-state index >= 15 is 0 Å². The molecule has 62 valence electrons. The maximum Gasteiger partial charge on any atom is 0.356 e. The Kier molecular flexibility index (Phi) is 2.71. The molecule has 0 bridgehead atoms. The van der Waals surface area contributed by atoms with E-state index in [0.29, 0.717) is 11.2 Å². The minimum atomic E-state index is -1.08. The average molecular weight is 183 g/mol. The van der Waals surface area contributed by atoms with Crippen LogP contribution in [0.4, 0.5) is 0 Å². The van der Waals surface area contributed by atoms with Crippen molar-refractivity contribution in [3.8, 4) is 0 Å². The minimum absolute atomic E-state index is 0.0156. The number of rotatable bonds is 3. The standard InChI is InChI=1S/C7H5NO3S/c9-3-1-2-5-6(7(10)11)8-4-12-5/h1-4H,(H,10,11). The van der Waals surface area contributed by atoms with Crippen LogP contribution >= 0.6 is 11.3 Å². The van der Waals surface area contributed by atoms with Gasteiger partial charge in [0, 0.05) is 0 Å². The number of aromatic carboxylic acids is 1. The van der Waals surface area contributed by atoms with E-state index in [1.165, 1.54) is 29.0 Å². The molecule has 0 amide bonds. The summed E-state index contributed by atoms with van der Waals surface area (Å²) in [6, 6.07) is 0. The number of aldehydes is 1. The lowest BCUT2D eigenvalue weighted by Crippen LogP contribution is -1.97. The number of carboxylic acid groups (broad SMARTS) is 1. The molecular formula is C7H5NO3S. The number of nitrogens with zero attached hydrogens (tertiary/aromatic N) is 1. The first kappa shape index (κ1) is 8.61. The minimum Gasteiger partial charge on any atom is -0.476 e. The summed E-state index contributed by atoms with van der Waals surface area (Å²) in [4.78, 5) is 24.5. The summed E-state index contributed by atoms with van der Waals surface area (Å²) in [5, 5.41) is 8.58. The van der Waals surface area contributed by atoms with Crippen molar-refractivity contribution in [3.05, 3.63) is 22.2 Å². The van der Waals surface area contributed by atoms with Crippen molar-refractivity contribution in [2.24, 2.45) is 0 Å². The van der Waals surface area contributed by atoms with E-state index in [2.05, 4.69) is 4.98 Å². The first-order chi connectivity index (χ1) is 5.75. The molecule has 0 fully saturated rings. The van der Waals surface area contributed by atoms with Gasteiger partial charge in [0.15, 0.2) is 5.69 Å². The van der Waals surface area contributed by atoms with Gasteiger partial charge in [-0.05, 0) is 12.2 Å². The van der Waals surface area contributed by atoms with Gasteiger partial charge in [0.2, 0.25) is 0 Å². The molecule has 0 radical (unpaired) electrons. The van der Waals surface area contributed by atoms with Crippen LogP contribution in [0.2, 0.25) is 0 Å². The first-order valence-electron chi connectivity index (χ1n) is 3.04. The van der Waals surface area contributed by atoms with Crippen LogP contribution in [0.1, 0.15) is 15.4 Å². The van der Waals surface area contributed by atoms with Gasteiger partial charge in [-0.1, -0.05) is 0 Å². The first-order valence-corrected chi connectivity index (χ1v) is 3.92. The zero-order chi connectivity index (χ0) is 8.97. The summed E-state index contributed by atoms with van der Waals surface area (Å²) in [5.74, 6) is -1.08. The molecule has 1 aromatic rings. The number of carbonyl (C=O) groups is 2. The lowest BCUT2D eigenvalue weighted by Gasteiger charge is -1.87. The SMILES string of the molecule is O=CC=Cc1scnc1C(=O)O. The van der Waals surface area contributed by atoms with Gasteiger partial charge in [-0.2, -0.15) is 0 Å². The fourth-order valence-corrected chi connectivity index (χ4v) is 1.34. The molecular weight excluding hydrogens is 178 g/mol. The van der Waals surface area contributed by atoms with Crippen LogP contribution in [0.15, 0.2) is 11.6 Å². The number of aromatic nitrogens is 1. The molecule has 5 heteroatoms. The fourth-order valence-electron chi connectivity index (χ4n) is 0.661. The van der Waals surface area contributed by atoms with Crippen molar-refractivity contribution in [1.29, 1.82) is 0 Å². The van der Waals surface area contributed by atoms with E-state index in [4.69, 9.17) is 5.11 Å². The van der Waals surface area contributed by atoms with Crippen LogP contribution in [0.3, 0.4) is 0 Å². The van der Waals surface area contributed by atoms with Gasteiger partial charge in [-0.3, -0.25) is 4.79 Å². The van der Waals surface area contributed by atoms with Gasteiger partial charge in [0.1, 0.15) is 6.29 Å². The smallest absolute Gasteiger partial charge is 0.356 e. The summed E-state index contributed by atoms with van der Waals surface area (Å²) in [6.07, 6.45) is 3.25. The third-order valence-corrected chi connectivity index (χ3v) is 1.92. The summed E-state index contributed by atoms with van der Waals surface area (Å²) in [7, 11) is 0. The van der Waals surface area contributed by atoms with Gasteiger partial charge < -0.3 is 5.11 Å². The maximum atomic E-state index is 10.5. The highest BCUT2D eigenvalue weighted by molar-refractivity contribution is 7.10. The maximum absolute atomic E-state index is 10.5. The number of allylic oxidation sites excluding steroid dienone is 1. The number of thiazole rings is 1. The quantitative estimate of drug-likeness (QED) is 0.561. The van der Waals surface area contributed by atoms with Crippen molar-refractivity contribution in [2.75, 3.05) is 0 Å². The Morgan fingerprint density at radius 1 is 1.67 bits per heavy atom. The molecule has 0 atom stereocenters. The Morgan fingerprint density at radius 2 is 2.42 bits per heavy atom. The molecule has 0 unspecified atom stereocenters. The van der Waals surface area contributed by atoms with Crippen LogP contribution in [0, 0.1) is 0 Å². The Balaban J connectivity index is 2.99. The van der Waals surface area contributed by atoms with Crippen LogP contribution in [-0.2, 0) is 4.79 Å². The number of carboxylic acids is 1. The van der Waals surface area contributed by atoms with E-state index < -0.39 is 5.97 Å². The van der Waals surface area contributed by atoms with Gasteiger partial charge in [-0.25, -0.2) is 9.78 Å². The molecule has 12 heavy (non-hydrogen) atoms. The van der Waals surface area contributed by atoms with Crippen molar-refractivity contribution < 1.29 is 14.7 Å². The van der Waals surface area contributed by atoms with Crippen LogP contribution in [0.25, 0.3) is 6.08 Å². The second-order valence-electron chi connectivity index (χ2n) is 1.87. The zero-order valence-electron chi connectivity index (χ0n) is 5.93. The third kappa shape index (κ3) is 1.76. The van der Waals surface area contributed by atoms with Crippen molar-refractivity contribution >= 4 is 29.7 Å². The Morgan fingerprint density at radius 3 is 3.00 bits per heavy atom. The average Bonchev–Trinajstić information content (AvgIpc) is 2.48. The lowest BCUT2D eigenvalue weighted by molar-refractivity contribution is -0.104. The number of carbonyl (C=O) groups excluding carboxylic acids is 1. The van der Waals surface area contributed by atoms with Crippen LogP contribution in [0.5, 0.6) is 0 Å². The molecule has 1 rings (SSSR count). The summed E-state index contributed by atoms with van der Waals surface area (Å²) in [6.45, 7) is 0. The molecule has 0 spiro atoms. The van der Waals surface area contributed by atoms with Crippen LogP contribution in [-0.4, -0.2) is 22.3 Å². The summed E-state index contributed by atoms with van der Waals surface area (Å²) < 4.78 is 0. The summed E-state index contributed by atoms with van der Waals surface area (Å²) in [5.41, 5.74) is 1.41. The monoisotopic (exact) mass is 183 g/mol. The van der Waals surface area contributed by atoms with Gasteiger partial charge in [0.05, 0.1) is 10.4 Å². The van der Waals surface area contributed by atoms with E-state index in [1.807, 2.05) is 0 Å². The predicted molar refractivity (Wildman–Crippen MR) is 44.2 cm³/mol. The molecule has 0 aliphatic carbocycles. The molecule has 1 N–H and O–H groups in total. The van der Waals surface area contributed by atoms with Gasteiger partial charge in [-0.15, -0.1) is 11.3 Å². The third-order valence-electron chi connectivity index (χ3n) is 1.12. The normalized spacial score (nSPS) is 10.3. The molecule has 1 aromatic heterocycles. The second kappa shape index (κ2) is 3.77. The summed E-state index contributed by atoms with van der Waals surface area (Å²) >= 11 is 1.18. The fraction of sp³-hybridized carbons (Fsp3) is 0. The van der Waals surface area contributed by atoms with Gasteiger partial charge in [0.25, 0.3) is 0 Å². The molecule has 4 nitrogen and oxygen atoms in total. The molecule has 0 aliphatic heterocycles. The lowest BCUT2D eigenvalue weighted by atomic mass is 10.3. The molecule has 0 aliphatic rings. The van der Waals surface area contributed by atoms with Crippen molar-refractivity contribution in [3.63, 3.8) is 0 Å². The highest BCUT2D eigenvalue weighted by atomic mass is 32.1. The van der Waals surface area contributed by atoms with E-state index in [-0.39, 0.29) is 5.69 Å². The number of hydrogen-bond donors (Lipinski definition) is 1. The van der Waals surface area contributed by atoms with E-state index in [1.54, 1.807) is 0 Å². The number of hydrogen-bond acceptors (Lipinski definition) is 4. The Labute approximate surface area is 72.2 Å². The van der Waals surface area contributed by atoms with Crippen molar-refractivity contribution in [2.45, 2.75) is 0 Å². The Bertz CT molecular complexity index is 329. The zero-order valence-corrected chi connectivity index (χ0v) is 6.75. The van der Waals surface area contributed by atoms with E-state index in [0.717, 1.165) is 0 Å². The van der Waals surface area contributed by atoms with E-state index in [9.17, 15) is 9.59 Å². The molecule has 0 saturated heterocycles. The van der Waals surface area contributed by atoms with Gasteiger partial charge >= 0.3 is 5.97 Å². The van der Waals surface area contributed by atoms with Crippen LogP contribution < -0.4 is 0 Å². The largest absolute Gasteiger partial charge is 0.476 e. The molecule has 1 heterocycles. The predicted octanol–water partition coefficient (Wildman–Crippen LogP) is 1.05. The Hall–Kier alpha value is -1.49. The molecule has 0 saturated carbocycles. The van der Waals surface area contributed by atoms with Crippen molar-refractivity contribution in [1.82, 2.24) is 4.98 Å². The highest BCUT2D eigenvalue weighted by Crippen LogP contribution is 2.14. The highest BCUT2D eigenvalue weighted by Gasteiger charge is 2.09. The second-order valence-corrected chi connectivity index (χ2v) is 2.75. The topological polar surface area (TPSA) is 67.3 Å².